The van der Waals surface area contributed by atoms with Gasteiger partial charge in [0.05, 0.1) is 21.9 Å². The third-order valence-electron chi connectivity index (χ3n) is 18.0. The zero-order valence-electron chi connectivity index (χ0n) is 44.9. The number of rotatable bonds is 14. The van der Waals surface area contributed by atoms with Gasteiger partial charge in [-0.15, -0.1) is 0 Å². The highest BCUT2D eigenvalue weighted by atomic mass is 16.5. The molecule has 3 amide bonds. The number of carbonyl (C=O) groups excluding carboxylic acids is 4. The van der Waals surface area contributed by atoms with Crippen LogP contribution in [0.15, 0.2) is 114 Å². The Morgan fingerprint density at radius 2 is 1.25 bits per heavy atom. The van der Waals surface area contributed by atoms with Crippen LogP contribution >= 0.6 is 0 Å². The van der Waals surface area contributed by atoms with Crippen LogP contribution in [0.3, 0.4) is 0 Å². The number of benzene rings is 4. The number of urea groups is 1. The number of carbonyl (C=O) groups is 4. The van der Waals surface area contributed by atoms with Gasteiger partial charge < -0.3 is 29.5 Å². The monoisotopic (exact) mass is 1040 g/mol. The number of pyridine rings is 1. The highest BCUT2D eigenvalue weighted by Gasteiger charge is 2.45. The number of piperazine rings is 1. The van der Waals surface area contributed by atoms with Crippen LogP contribution in [0.4, 0.5) is 4.79 Å². The van der Waals surface area contributed by atoms with Gasteiger partial charge in [0.25, 0.3) is 5.56 Å². The second-order valence-electron chi connectivity index (χ2n) is 22.7. The first-order valence-corrected chi connectivity index (χ1v) is 28.3. The van der Waals surface area contributed by atoms with Crippen LogP contribution in [0.1, 0.15) is 111 Å². The Kier molecular flexibility index (Phi) is 15.3. The average molecular weight is 1040 g/mol. The van der Waals surface area contributed by atoms with Crippen molar-refractivity contribution in [2.75, 3.05) is 59.4 Å². The zero-order valence-corrected chi connectivity index (χ0v) is 44.9. The average Bonchev–Trinajstić information content (AvgIpc) is 4.31. The molecule has 3 saturated heterocycles. The van der Waals surface area contributed by atoms with E-state index in [1.165, 1.54) is 0 Å². The van der Waals surface area contributed by atoms with E-state index in [1.54, 1.807) is 14.1 Å². The fraction of sp³-hybridized carbons (Fsp3) is 0.484. The number of piperidine rings is 2. The minimum atomic E-state index is -0.829. The number of nitrogens with one attached hydrogen (secondary N) is 1. The molecule has 5 aliphatic rings. The number of nitrogens with zero attached hydrogens (tertiary/aromatic N) is 7. The summed E-state index contributed by atoms with van der Waals surface area (Å²) in [4.78, 5) is 80.2. The largest absolute Gasteiger partial charge is 0.443 e. The van der Waals surface area contributed by atoms with Gasteiger partial charge in [0.2, 0.25) is 5.91 Å². The molecule has 2 aromatic heterocycles. The van der Waals surface area contributed by atoms with Gasteiger partial charge in [0.1, 0.15) is 6.04 Å². The first-order chi connectivity index (χ1) is 37.5. The van der Waals surface area contributed by atoms with E-state index in [2.05, 4.69) is 22.2 Å². The molecule has 0 radical (unpaired) electrons. The van der Waals surface area contributed by atoms with Crippen molar-refractivity contribution in [1.29, 1.82) is 0 Å². The minimum Gasteiger partial charge on any atom is -0.443 e. The van der Waals surface area contributed by atoms with Crippen molar-refractivity contribution in [2.45, 2.75) is 133 Å². The fourth-order valence-corrected chi connectivity index (χ4v) is 13.6. The van der Waals surface area contributed by atoms with Crippen LogP contribution in [0.2, 0.25) is 0 Å². The second kappa shape index (κ2) is 22.6. The van der Waals surface area contributed by atoms with Crippen LogP contribution in [0, 0.1) is 6.92 Å². The molecule has 3 aliphatic heterocycles. The normalized spacial score (nSPS) is 19.9. The molecule has 5 heterocycles. The molecule has 6 aromatic rings. The van der Waals surface area contributed by atoms with E-state index in [1.807, 2.05) is 121 Å². The molecule has 404 valence electrons. The number of fused-ring (bicyclic) bond motifs is 2. The lowest BCUT2D eigenvalue weighted by atomic mass is 9.79. The SMILES string of the molecule is Cc1cc(CC(NC(=O)N2CCC(c3cc4ccccc4n(COC(=O)C4(c5ccccc5)CCCC4)c3=O)CC2)C(=O)N2CCN(C3CCN(C)CC3)CC2)cc2cn(COC(=O)C3(c4ccccc4)CCCC3)nc12. The molecule has 0 spiro atoms. The van der Waals surface area contributed by atoms with Crippen LogP contribution in [-0.2, 0) is 54.6 Å². The summed E-state index contributed by atoms with van der Waals surface area (Å²) in [6.07, 6.45) is 12.3. The first kappa shape index (κ1) is 52.2. The summed E-state index contributed by atoms with van der Waals surface area (Å²) in [7, 11) is 2.17. The van der Waals surface area contributed by atoms with Crippen LogP contribution in [0.25, 0.3) is 21.8 Å². The molecular formula is C62H74N8O7. The van der Waals surface area contributed by atoms with Crippen molar-refractivity contribution >= 4 is 45.7 Å². The van der Waals surface area contributed by atoms with Crippen LogP contribution in [0.5, 0.6) is 0 Å². The van der Waals surface area contributed by atoms with Crippen molar-refractivity contribution in [3.8, 4) is 0 Å². The number of amides is 3. The summed E-state index contributed by atoms with van der Waals surface area (Å²) in [6.45, 7) is 7.50. The van der Waals surface area contributed by atoms with Crippen LogP contribution in [-0.4, -0.2) is 129 Å². The number of aromatic nitrogens is 3. The van der Waals surface area contributed by atoms with Gasteiger partial charge in [-0.1, -0.05) is 111 Å². The highest BCUT2D eigenvalue weighted by Crippen LogP contribution is 2.43. The summed E-state index contributed by atoms with van der Waals surface area (Å²) in [5.74, 6) is -0.758. The molecule has 5 fully saturated rings. The summed E-state index contributed by atoms with van der Waals surface area (Å²) in [6, 6.07) is 32.9. The van der Waals surface area contributed by atoms with Crippen molar-refractivity contribution in [2.24, 2.45) is 0 Å². The lowest BCUT2D eigenvalue weighted by Crippen LogP contribution is -2.59. The molecule has 4 aromatic carbocycles. The number of para-hydroxylation sites is 1. The molecule has 77 heavy (non-hydrogen) atoms. The molecule has 11 rings (SSSR count). The number of likely N-dealkylation sites (tertiary alicyclic amines) is 2. The minimum absolute atomic E-state index is 0.0174. The smallest absolute Gasteiger partial charge is 0.318 e. The van der Waals surface area contributed by atoms with Crippen molar-refractivity contribution in [3.63, 3.8) is 0 Å². The molecule has 15 heteroatoms. The molecule has 15 nitrogen and oxygen atoms in total. The lowest BCUT2D eigenvalue weighted by molar-refractivity contribution is -0.155. The molecule has 2 aliphatic carbocycles. The summed E-state index contributed by atoms with van der Waals surface area (Å²) in [5, 5.41) is 9.78. The fourth-order valence-electron chi connectivity index (χ4n) is 13.6. The maximum atomic E-state index is 14.8. The van der Waals surface area contributed by atoms with Gasteiger partial charge in [-0.3, -0.25) is 28.6 Å². The Morgan fingerprint density at radius 3 is 1.87 bits per heavy atom. The molecule has 1 N–H and O–H groups in total. The topological polar surface area (TPSA) is 152 Å². The number of ether oxygens (including phenoxy) is 2. The molecular weight excluding hydrogens is 969 g/mol. The molecule has 1 unspecified atom stereocenters. The number of aryl methyl sites for hydroxylation is 1. The molecule has 1 atom stereocenters. The van der Waals surface area contributed by atoms with Gasteiger partial charge in [0.15, 0.2) is 13.5 Å². The van der Waals surface area contributed by atoms with Crippen molar-refractivity contribution in [1.82, 2.24) is 39.3 Å². The van der Waals surface area contributed by atoms with Crippen LogP contribution < -0.4 is 10.9 Å². The van der Waals surface area contributed by atoms with Crippen molar-refractivity contribution < 1.29 is 28.7 Å². The number of hydrogen-bond acceptors (Lipinski definition) is 10. The third kappa shape index (κ3) is 10.8. The van der Waals surface area contributed by atoms with Gasteiger partial charge in [0, 0.05) is 68.9 Å². The molecule has 2 saturated carbocycles. The Hall–Kier alpha value is -6.84. The van der Waals surface area contributed by atoms with E-state index in [-0.39, 0.29) is 55.2 Å². The van der Waals surface area contributed by atoms with E-state index < -0.39 is 16.9 Å². The second-order valence-corrected chi connectivity index (χ2v) is 22.7. The summed E-state index contributed by atoms with van der Waals surface area (Å²) in [5.41, 5.74) is 4.30. The van der Waals surface area contributed by atoms with E-state index >= 15 is 0 Å². The van der Waals surface area contributed by atoms with Gasteiger partial charge in [-0.2, -0.15) is 5.10 Å². The van der Waals surface area contributed by atoms with Gasteiger partial charge >= 0.3 is 18.0 Å². The lowest BCUT2D eigenvalue weighted by Gasteiger charge is -2.43. The third-order valence-corrected chi connectivity index (χ3v) is 18.0. The summed E-state index contributed by atoms with van der Waals surface area (Å²) < 4.78 is 15.4. The Balaban J connectivity index is 0.782. The number of esters is 2. The van der Waals surface area contributed by atoms with E-state index in [0.29, 0.717) is 69.0 Å². The predicted molar refractivity (Wildman–Crippen MR) is 296 cm³/mol. The van der Waals surface area contributed by atoms with E-state index in [9.17, 15) is 24.0 Å². The van der Waals surface area contributed by atoms with E-state index in [0.717, 1.165) is 116 Å². The van der Waals surface area contributed by atoms with Gasteiger partial charge in [-0.05, 0) is 130 Å². The Bertz CT molecular complexity index is 3140. The van der Waals surface area contributed by atoms with Gasteiger partial charge in [-0.25, -0.2) is 9.48 Å². The first-order valence-electron chi connectivity index (χ1n) is 28.3. The zero-order chi connectivity index (χ0) is 53.1. The number of hydrogen-bond donors (Lipinski definition) is 1. The van der Waals surface area contributed by atoms with E-state index in [4.69, 9.17) is 14.6 Å². The Labute approximate surface area is 451 Å². The maximum Gasteiger partial charge on any atom is 0.318 e. The predicted octanol–water partition coefficient (Wildman–Crippen LogP) is 8.42. The summed E-state index contributed by atoms with van der Waals surface area (Å²) >= 11 is 0. The quantitative estimate of drug-likeness (QED) is 0.105. The standard InChI is InChI=1S/C62H74N8O7/c1-44-37-45(38-48-41-69(64-55(44)48)42-76-58(73)61(25-11-12-26-61)49-16-5-3-6-17-49)39-53(57(72)67-35-33-66(34-36-67)51-23-29-65(2)30-24-51)63-60(75)68-31-21-46(22-32-68)52-40-47-15-9-10-20-54(47)70(56(52)71)43-77-59(74)62(27-13-14-28-62)50-18-7-4-8-19-50/h3-10,15-20,37-38,40-41,46,51,53H,11-14,21-36,39,42-43H2,1-2H3,(H,63,75). The highest BCUT2D eigenvalue weighted by molar-refractivity contribution is 5.89. The van der Waals surface area contributed by atoms with Crippen molar-refractivity contribution in [3.05, 3.63) is 147 Å². The Morgan fingerprint density at radius 1 is 0.662 bits per heavy atom. The maximum absolute atomic E-state index is 14.8. The molecule has 0 bridgehead atoms.